The van der Waals surface area contributed by atoms with Crippen molar-refractivity contribution in [1.29, 1.82) is 0 Å². The lowest BCUT2D eigenvalue weighted by Crippen LogP contribution is -2.17. The van der Waals surface area contributed by atoms with Crippen LogP contribution in [-0.2, 0) is 6.54 Å². The number of thioether (sulfide) groups is 1. The van der Waals surface area contributed by atoms with Gasteiger partial charge in [0.25, 0.3) is 0 Å². The molecule has 0 fully saturated rings. The number of benzene rings is 2. The van der Waals surface area contributed by atoms with Gasteiger partial charge in [0.05, 0.1) is 24.8 Å². The predicted octanol–water partition coefficient (Wildman–Crippen LogP) is 5.60. The minimum Gasteiger partial charge on any atom is -0.495 e. The Morgan fingerprint density at radius 3 is 2.70 bits per heavy atom. The summed E-state index contributed by atoms with van der Waals surface area (Å²) in [6.07, 6.45) is 12.1. The Balaban J connectivity index is 1.39. The van der Waals surface area contributed by atoms with Crippen molar-refractivity contribution < 1.29 is 4.74 Å². The number of methoxy groups -OCH3 is 1. The molecule has 1 unspecified atom stereocenters. The van der Waals surface area contributed by atoms with Crippen LogP contribution >= 0.6 is 11.8 Å². The van der Waals surface area contributed by atoms with Crippen molar-refractivity contribution in [2.24, 2.45) is 0 Å². The maximum absolute atomic E-state index is 5.63. The van der Waals surface area contributed by atoms with Crippen LogP contribution in [-0.4, -0.2) is 37.7 Å². The van der Waals surface area contributed by atoms with E-state index >= 15 is 0 Å². The van der Waals surface area contributed by atoms with Crippen LogP contribution < -0.4 is 4.74 Å². The fourth-order valence-electron chi connectivity index (χ4n) is 4.33. The van der Waals surface area contributed by atoms with E-state index in [0.29, 0.717) is 5.92 Å². The average molecular weight is 458 g/mol. The van der Waals surface area contributed by atoms with E-state index < -0.39 is 0 Å². The van der Waals surface area contributed by atoms with Crippen LogP contribution in [0.5, 0.6) is 5.75 Å². The highest BCUT2D eigenvalue weighted by atomic mass is 32.2. The zero-order chi connectivity index (χ0) is 22.8. The molecule has 0 aliphatic carbocycles. The molecule has 0 amide bonds. The van der Waals surface area contributed by atoms with E-state index in [-0.39, 0.29) is 0 Å². The van der Waals surface area contributed by atoms with Crippen molar-refractivity contribution in [3.8, 4) is 11.4 Å². The molecule has 0 N–H and O–H groups in total. The van der Waals surface area contributed by atoms with Gasteiger partial charge in [0.15, 0.2) is 5.82 Å². The molecule has 5 rings (SSSR count). The first-order valence-corrected chi connectivity index (χ1v) is 12.3. The van der Waals surface area contributed by atoms with E-state index in [0.717, 1.165) is 53.7 Å². The third-order valence-electron chi connectivity index (χ3n) is 6.03. The number of rotatable bonds is 6. The molecule has 33 heavy (non-hydrogen) atoms. The Labute approximate surface area is 198 Å². The zero-order valence-electron chi connectivity index (χ0n) is 19.1. The largest absolute Gasteiger partial charge is 0.495 e. The number of ether oxygens (including phenoxy) is 1. The maximum atomic E-state index is 5.63. The van der Waals surface area contributed by atoms with Crippen LogP contribution in [0.4, 0.5) is 0 Å². The Kier molecular flexibility index (Phi) is 6.05. The molecule has 4 aromatic rings. The van der Waals surface area contributed by atoms with E-state index in [2.05, 4.69) is 46.3 Å². The van der Waals surface area contributed by atoms with Gasteiger partial charge in [-0.05, 0) is 67.5 Å². The number of hydrogen-bond acceptors (Lipinski definition) is 5. The standard InChI is InChI=1S/C26H27N5OS/c1-18-16-30(17-27-18)23-12-6-19(15-24(23)32-2)7-13-25-28-26-22(5-4-14-31(26)29-25)20-8-10-21(33-3)11-9-20/h6-13,15-17,22H,4-5,14H2,1-3H3. The van der Waals surface area contributed by atoms with Gasteiger partial charge < -0.3 is 9.30 Å². The molecule has 0 radical (unpaired) electrons. The number of aromatic nitrogens is 5. The quantitative estimate of drug-likeness (QED) is 0.353. The fraction of sp³-hybridized carbons (Fsp3) is 0.269. The van der Waals surface area contributed by atoms with Crippen LogP contribution in [0.2, 0.25) is 0 Å². The Hall–Kier alpha value is -3.32. The maximum Gasteiger partial charge on any atom is 0.174 e. The summed E-state index contributed by atoms with van der Waals surface area (Å²) in [7, 11) is 1.69. The van der Waals surface area contributed by atoms with E-state index in [9.17, 15) is 0 Å². The summed E-state index contributed by atoms with van der Waals surface area (Å²) in [5.74, 6) is 2.88. The zero-order valence-corrected chi connectivity index (χ0v) is 19.9. The van der Waals surface area contributed by atoms with E-state index in [1.54, 1.807) is 25.2 Å². The van der Waals surface area contributed by atoms with Crippen molar-refractivity contribution in [2.45, 2.75) is 37.1 Å². The van der Waals surface area contributed by atoms with Gasteiger partial charge in [0, 0.05) is 23.6 Å². The molecule has 1 atom stereocenters. The first-order chi connectivity index (χ1) is 16.1. The van der Waals surface area contributed by atoms with Crippen LogP contribution in [0.25, 0.3) is 17.8 Å². The molecule has 0 saturated heterocycles. The van der Waals surface area contributed by atoms with Crippen molar-refractivity contribution in [3.63, 3.8) is 0 Å². The highest BCUT2D eigenvalue weighted by Crippen LogP contribution is 2.33. The van der Waals surface area contributed by atoms with Crippen molar-refractivity contribution in [1.82, 2.24) is 24.3 Å². The van der Waals surface area contributed by atoms with Gasteiger partial charge in [-0.2, -0.15) is 5.10 Å². The number of fused-ring (bicyclic) bond motifs is 1. The minimum absolute atomic E-state index is 0.294. The summed E-state index contributed by atoms with van der Waals surface area (Å²) in [6, 6.07) is 15.0. The molecule has 1 aliphatic heterocycles. The summed E-state index contributed by atoms with van der Waals surface area (Å²) in [4.78, 5) is 10.5. The molecule has 3 heterocycles. The highest BCUT2D eigenvalue weighted by Gasteiger charge is 2.25. The normalized spacial score (nSPS) is 15.7. The summed E-state index contributed by atoms with van der Waals surface area (Å²) in [5, 5.41) is 4.76. The Bertz CT molecular complexity index is 1290. The summed E-state index contributed by atoms with van der Waals surface area (Å²) in [6.45, 7) is 2.89. The molecule has 2 aromatic heterocycles. The number of hydrogen-bond donors (Lipinski definition) is 0. The summed E-state index contributed by atoms with van der Waals surface area (Å²) >= 11 is 1.77. The van der Waals surface area contributed by atoms with Crippen LogP contribution in [0.1, 0.15) is 47.2 Å². The molecular formula is C26H27N5OS. The number of aryl methyl sites for hydroxylation is 2. The lowest BCUT2D eigenvalue weighted by Gasteiger charge is -2.22. The van der Waals surface area contributed by atoms with Crippen molar-refractivity contribution in [2.75, 3.05) is 13.4 Å². The second kappa shape index (κ2) is 9.27. The summed E-state index contributed by atoms with van der Waals surface area (Å²) in [5.41, 5.74) is 4.27. The van der Waals surface area contributed by atoms with E-state index in [1.807, 2.05) is 42.0 Å². The topological polar surface area (TPSA) is 57.8 Å². The SMILES string of the molecule is COc1cc(C=Cc2nc3n(n2)CCCC3c2ccc(SC)cc2)ccc1-n1cnc(C)c1. The molecule has 7 heteroatoms. The van der Waals surface area contributed by atoms with Crippen molar-refractivity contribution >= 4 is 23.9 Å². The van der Waals surface area contributed by atoms with Gasteiger partial charge in [-0.1, -0.05) is 24.3 Å². The van der Waals surface area contributed by atoms with Gasteiger partial charge in [-0.25, -0.2) is 14.6 Å². The Morgan fingerprint density at radius 1 is 1.12 bits per heavy atom. The second-order valence-corrected chi connectivity index (χ2v) is 9.09. The lowest BCUT2D eigenvalue weighted by atomic mass is 9.91. The average Bonchev–Trinajstić information content (AvgIpc) is 3.48. The van der Waals surface area contributed by atoms with Gasteiger partial charge in [0.2, 0.25) is 0 Å². The monoisotopic (exact) mass is 457 g/mol. The van der Waals surface area contributed by atoms with Gasteiger partial charge >= 0.3 is 0 Å². The third-order valence-corrected chi connectivity index (χ3v) is 6.77. The number of imidazole rings is 1. The third kappa shape index (κ3) is 4.46. The van der Waals surface area contributed by atoms with Crippen molar-refractivity contribution in [3.05, 3.63) is 83.5 Å². The lowest BCUT2D eigenvalue weighted by molar-refractivity contribution is 0.413. The predicted molar refractivity (Wildman–Crippen MR) is 133 cm³/mol. The number of nitrogens with zero attached hydrogens (tertiary/aromatic N) is 5. The van der Waals surface area contributed by atoms with E-state index in [1.165, 1.54) is 10.5 Å². The van der Waals surface area contributed by atoms with Gasteiger partial charge in [0.1, 0.15) is 11.6 Å². The van der Waals surface area contributed by atoms with Gasteiger partial charge in [-0.15, -0.1) is 11.8 Å². The Morgan fingerprint density at radius 2 is 1.97 bits per heavy atom. The van der Waals surface area contributed by atoms with Crippen LogP contribution in [0, 0.1) is 6.92 Å². The first kappa shape index (κ1) is 21.5. The highest BCUT2D eigenvalue weighted by molar-refractivity contribution is 7.98. The molecule has 2 aromatic carbocycles. The first-order valence-electron chi connectivity index (χ1n) is 11.1. The fourth-order valence-corrected chi connectivity index (χ4v) is 4.73. The second-order valence-electron chi connectivity index (χ2n) is 8.21. The molecule has 0 saturated carbocycles. The smallest absolute Gasteiger partial charge is 0.174 e. The van der Waals surface area contributed by atoms with Crippen LogP contribution in [0.15, 0.2) is 59.9 Å². The molecule has 0 bridgehead atoms. The minimum atomic E-state index is 0.294. The molecular weight excluding hydrogens is 430 g/mol. The molecule has 1 aliphatic rings. The van der Waals surface area contributed by atoms with Gasteiger partial charge in [-0.3, -0.25) is 0 Å². The molecule has 168 valence electrons. The summed E-state index contributed by atoms with van der Waals surface area (Å²) < 4.78 is 9.67. The molecule has 6 nitrogen and oxygen atoms in total. The molecule has 0 spiro atoms. The van der Waals surface area contributed by atoms with Crippen LogP contribution in [0.3, 0.4) is 0 Å². The van der Waals surface area contributed by atoms with E-state index in [4.69, 9.17) is 14.8 Å².